The Morgan fingerprint density at radius 3 is 2.42 bits per heavy atom. The molecule has 1 aromatic heterocycles. The summed E-state index contributed by atoms with van der Waals surface area (Å²) >= 11 is 0. The van der Waals surface area contributed by atoms with Gasteiger partial charge in [-0.15, -0.1) is 0 Å². The van der Waals surface area contributed by atoms with E-state index in [4.69, 9.17) is 4.42 Å². The van der Waals surface area contributed by atoms with Gasteiger partial charge in [-0.2, -0.15) is 0 Å². The van der Waals surface area contributed by atoms with Crippen LogP contribution in [0.1, 0.15) is 58.6 Å². The van der Waals surface area contributed by atoms with Crippen molar-refractivity contribution in [1.29, 1.82) is 0 Å². The second kappa shape index (κ2) is 7.93. The Hall–Kier alpha value is -3.86. The fourth-order valence-electron chi connectivity index (χ4n) is 4.66. The fraction of sp³-hybridized carbons (Fsp3) is 0.214. The molecule has 166 valence electrons. The minimum atomic E-state index is -0.994. The van der Waals surface area contributed by atoms with Crippen LogP contribution in [0.25, 0.3) is 11.0 Å². The number of fused-ring (bicyclic) bond motifs is 1. The van der Waals surface area contributed by atoms with Crippen LogP contribution in [0, 0.1) is 6.92 Å². The van der Waals surface area contributed by atoms with Gasteiger partial charge < -0.3 is 14.8 Å². The monoisotopic (exact) mass is 439 g/mol. The lowest BCUT2D eigenvalue weighted by Gasteiger charge is -2.21. The van der Waals surface area contributed by atoms with Gasteiger partial charge in [0.05, 0.1) is 22.4 Å². The Morgan fingerprint density at radius 1 is 1.03 bits per heavy atom. The zero-order chi connectivity index (χ0) is 23.2. The van der Waals surface area contributed by atoms with Gasteiger partial charge in [-0.05, 0) is 56.0 Å². The van der Waals surface area contributed by atoms with Crippen molar-refractivity contribution >= 4 is 22.6 Å². The third-order valence-electron chi connectivity index (χ3n) is 6.55. The Morgan fingerprint density at radius 2 is 1.73 bits per heavy atom. The third-order valence-corrected chi connectivity index (χ3v) is 6.55. The average molecular weight is 440 g/mol. The highest BCUT2D eigenvalue weighted by Crippen LogP contribution is 2.53. The number of para-hydroxylation sites is 1. The summed E-state index contributed by atoms with van der Waals surface area (Å²) in [6.07, 6.45) is 1.87. The van der Waals surface area contributed by atoms with Crippen molar-refractivity contribution in [2.45, 2.75) is 38.1 Å². The van der Waals surface area contributed by atoms with Crippen molar-refractivity contribution in [3.63, 3.8) is 0 Å². The first-order valence-corrected chi connectivity index (χ1v) is 11.1. The minimum Gasteiger partial charge on any atom is -0.478 e. The summed E-state index contributed by atoms with van der Waals surface area (Å²) in [5.74, 6) is -0.304. The summed E-state index contributed by atoms with van der Waals surface area (Å²) in [6.45, 7) is 3.89. The Bertz CT molecular complexity index is 1420. The molecule has 0 spiro atoms. The van der Waals surface area contributed by atoms with Crippen molar-refractivity contribution in [2.24, 2.45) is 0 Å². The molecule has 0 amide bonds. The maximum atomic E-state index is 13.2. The zero-order valence-electron chi connectivity index (χ0n) is 18.6. The van der Waals surface area contributed by atoms with E-state index in [9.17, 15) is 14.7 Å². The predicted molar refractivity (Wildman–Crippen MR) is 129 cm³/mol. The van der Waals surface area contributed by atoms with E-state index >= 15 is 0 Å². The van der Waals surface area contributed by atoms with Crippen molar-refractivity contribution in [3.05, 3.63) is 111 Å². The van der Waals surface area contributed by atoms with Crippen molar-refractivity contribution in [1.82, 2.24) is 0 Å². The molecule has 2 N–H and O–H groups in total. The van der Waals surface area contributed by atoms with Gasteiger partial charge in [-0.1, -0.05) is 48.5 Å². The van der Waals surface area contributed by atoms with Crippen molar-refractivity contribution in [3.8, 4) is 0 Å². The number of anilines is 1. The van der Waals surface area contributed by atoms with Gasteiger partial charge in [-0.3, -0.25) is 4.79 Å². The van der Waals surface area contributed by atoms with Crippen LogP contribution in [0.4, 0.5) is 5.69 Å². The molecule has 0 aliphatic heterocycles. The number of hydrogen-bond donors (Lipinski definition) is 2. The van der Waals surface area contributed by atoms with E-state index < -0.39 is 5.97 Å². The number of nitrogens with one attached hydrogen (secondary N) is 1. The average Bonchev–Trinajstić information content (AvgIpc) is 3.62. The van der Waals surface area contributed by atoms with Gasteiger partial charge in [0.15, 0.2) is 5.43 Å². The highest BCUT2D eigenvalue weighted by molar-refractivity contribution is 5.94. The number of rotatable bonds is 6. The van der Waals surface area contributed by atoms with Gasteiger partial charge in [0, 0.05) is 17.3 Å². The van der Waals surface area contributed by atoms with Crippen LogP contribution in [0.2, 0.25) is 0 Å². The quantitative estimate of drug-likeness (QED) is 0.382. The van der Waals surface area contributed by atoms with Gasteiger partial charge in [-0.25, -0.2) is 4.79 Å². The van der Waals surface area contributed by atoms with Crippen LogP contribution in [-0.2, 0) is 5.41 Å². The van der Waals surface area contributed by atoms with E-state index in [2.05, 4.69) is 17.4 Å². The molecule has 0 radical (unpaired) electrons. The first-order chi connectivity index (χ1) is 15.9. The van der Waals surface area contributed by atoms with Crippen LogP contribution in [0.15, 0.2) is 82.0 Å². The van der Waals surface area contributed by atoms with Crippen LogP contribution in [0.3, 0.4) is 0 Å². The summed E-state index contributed by atoms with van der Waals surface area (Å²) in [4.78, 5) is 24.8. The van der Waals surface area contributed by atoms with E-state index in [0.29, 0.717) is 22.4 Å². The van der Waals surface area contributed by atoms with Gasteiger partial charge in [0.25, 0.3) is 0 Å². The lowest BCUT2D eigenvalue weighted by Crippen LogP contribution is -2.15. The number of aromatic carboxylic acids is 1. The van der Waals surface area contributed by atoms with Gasteiger partial charge in [0.1, 0.15) is 11.3 Å². The molecule has 1 saturated carbocycles. The largest absolute Gasteiger partial charge is 0.478 e. The Kier molecular flexibility index (Phi) is 5.05. The molecule has 4 aromatic rings. The molecular weight excluding hydrogens is 414 g/mol. The summed E-state index contributed by atoms with van der Waals surface area (Å²) in [7, 11) is 0. The number of carbonyl (C=O) groups is 1. The standard InChI is InChI=1S/C28H25NO4/c1-17-14-21(18(2)29-23-11-7-6-10-20(23)27(31)32)26-22(15-17)24(30)16-25(33-26)28(12-13-28)19-8-4-3-5-9-19/h3-11,14-16,18,29H,12-13H2,1-2H3,(H,31,32). The molecule has 1 heterocycles. The third kappa shape index (κ3) is 3.69. The summed E-state index contributed by atoms with van der Waals surface area (Å²) < 4.78 is 6.49. The molecule has 5 heteroatoms. The van der Waals surface area contributed by atoms with Crippen LogP contribution >= 0.6 is 0 Å². The summed E-state index contributed by atoms with van der Waals surface area (Å²) in [5.41, 5.74) is 3.88. The zero-order valence-corrected chi connectivity index (χ0v) is 18.6. The smallest absolute Gasteiger partial charge is 0.337 e. The van der Waals surface area contributed by atoms with E-state index in [1.807, 2.05) is 44.2 Å². The van der Waals surface area contributed by atoms with Crippen molar-refractivity contribution in [2.75, 3.05) is 5.32 Å². The maximum absolute atomic E-state index is 13.2. The maximum Gasteiger partial charge on any atom is 0.337 e. The summed E-state index contributed by atoms with van der Waals surface area (Å²) in [5, 5.41) is 13.4. The number of carboxylic acid groups (broad SMARTS) is 1. The number of hydrogen-bond acceptors (Lipinski definition) is 4. The molecule has 1 fully saturated rings. The highest BCUT2D eigenvalue weighted by Gasteiger charge is 2.48. The van der Waals surface area contributed by atoms with Crippen LogP contribution < -0.4 is 10.7 Å². The first kappa shape index (κ1) is 21.0. The van der Waals surface area contributed by atoms with Crippen LogP contribution in [0.5, 0.6) is 0 Å². The number of carboxylic acids is 1. The molecular formula is C28H25NO4. The van der Waals surface area contributed by atoms with E-state index in [0.717, 1.165) is 29.5 Å². The van der Waals surface area contributed by atoms with E-state index in [-0.39, 0.29) is 22.4 Å². The fourth-order valence-corrected chi connectivity index (χ4v) is 4.66. The summed E-state index contributed by atoms with van der Waals surface area (Å²) in [6, 6.07) is 22.2. The minimum absolute atomic E-state index is 0.0588. The second-order valence-corrected chi connectivity index (χ2v) is 8.87. The molecule has 5 nitrogen and oxygen atoms in total. The predicted octanol–water partition coefficient (Wildman–Crippen LogP) is 6.05. The van der Waals surface area contributed by atoms with Gasteiger partial charge >= 0.3 is 5.97 Å². The normalized spacial score (nSPS) is 15.2. The van der Waals surface area contributed by atoms with Crippen molar-refractivity contribution < 1.29 is 14.3 Å². The molecule has 1 aliphatic rings. The molecule has 1 aliphatic carbocycles. The molecule has 1 unspecified atom stereocenters. The SMILES string of the molecule is Cc1cc(C(C)Nc2ccccc2C(=O)O)c2oc(C3(c4ccccc4)CC3)cc(=O)c2c1. The molecule has 5 rings (SSSR count). The molecule has 0 saturated heterocycles. The Labute approximate surface area is 191 Å². The lowest BCUT2D eigenvalue weighted by atomic mass is 9.92. The van der Waals surface area contributed by atoms with Crippen LogP contribution in [-0.4, -0.2) is 11.1 Å². The topological polar surface area (TPSA) is 79.5 Å². The number of aryl methyl sites for hydroxylation is 1. The Balaban J connectivity index is 1.63. The van der Waals surface area contributed by atoms with E-state index in [1.54, 1.807) is 30.3 Å². The second-order valence-electron chi connectivity index (χ2n) is 8.87. The first-order valence-electron chi connectivity index (χ1n) is 11.1. The molecule has 33 heavy (non-hydrogen) atoms. The molecule has 3 aromatic carbocycles. The molecule has 1 atom stereocenters. The van der Waals surface area contributed by atoms with E-state index in [1.165, 1.54) is 0 Å². The number of benzene rings is 3. The highest BCUT2D eigenvalue weighted by atomic mass is 16.4. The molecule has 0 bridgehead atoms. The van der Waals surface area contributed by atoms with Gasteiger partial charge in [0.2, 0.25) is 0 Å². The lowest BCUT2D eigenvalue weighted by molar-refractivity contribution is 0.0698.